The Hall–Kier alpha value is -1.55. The first-order valence-electron chi connectivity index (χ1n) is 5.61. The number of hydrogen-bond acceptors (Lipinski definition) is 4. The van der Waals surface area contributed by atoms with Crippen molar-refractivity contribution in [3.8, 4) is 5.75 Å². The van der Waals surface area contributed by atoms with Gasteiger partial charge in [-0.1, -0.05) is 12.1 Å². The lowest BCUT2D eigenvalue weighted by Crippen LogP contribution is -2.10. The van der Waals surface area contributed by atoms with E-state index in [0.717, 1.165) is 25.3 Å². The van der Waals surface area contributed by atoms with Gasteiger partial charge in [0.2, 0.25) is 0 Å². The molecule has 1 aromatic carbocycles. The number of carbonyl (C=O) groups is 1. The van der Waals surface area contributed by atoms with E-state index < -0.39 is 0 Å². The van der Waals surface area contributed by atoms with Crippen LogP contribution in [0.3, 0.4) is 0 Å². The average Bonchev–Trinajstić information content (AvgIpc) is 2.39. The molecule has 1 aromatic rings. The topological polar surface area (TPSA) is 47.6 Å². The fraction of sp³-hybridized carbons (Fsp3) is 0.462. The minimum atomic E-state index is 0. The summed E-state index contributed by atoms with van der Waals surface area (Å²) >= 11 is 0. The summed E-state index contributed by atoms with van der Waals surface area (Å²) in [5.74, 6) is 0.954. The Balaban J connectivity index is 0. The molecule has 1 N–H and O–H groups in total. The van der Waals surface area contributed by atoms with Crippen LogP contribution in [0.2, 0.25) is 0 Å². The summed E-state index contributed by atoms with van der Waals surface area (Å²) in [5.41, 5.74) is 1.35. The maximum absolute atomic E-state index is 8.95. The Labute approximate surface area is 104 Å². The summed E-state index contributed by atoms with van der Waals surface area (Å²) in [6.07, 6.45) is 1.07. The summed E-state index contributed by atoms with van der Waals surface area (Å²) in [6.45, 7) is 4.12. The largest absolute Gasteiger partial charge is 0.494 e. The van der Waals surface area contributed by atoms with E-state index in [1.807, 2.05) is 26.1 Å². The number of hydrogen-bond donors (Lipinski definition) is 1. The van der Waals surface area contributed by atoms with Crippen LogP contribution in [0.15, 0.2) is 24.3 Å². The predicted octanol–water partition coefficient (Wildman–Crippen LogP) is 1.88. The van der Waals surface area contributed by atoms with Crippen LogP contribution in [0.1, 0.15) is 13.9 Å². The minimum Gasteiger partial charge on any atom is -0.494 e. The van der Waals surface area contributed by atoms with Gasteiger partial charge in [0, 0.05) is 1.43 Å². The SMILES string of the molecule is CCOc1ccc(CCNC)cc1.COC=O.[HH]. The standard InChI is InChI=1S/C11H17NO.C2H4O2.H2/c1-3-13-11-6-4-10(5-7-11)8-9-12-2;1-4-2-3;/h4-7,12H,3,8-9H2,1-2H3;2H,1H3;1H. The summed E-state index contributed by atoms with van der Waals surface area (Å²) in [7, 11) is 3.28. The van der Waals surface area contributed by atoms with Gasteiger partial charge in [0.05, 0.1) is 13.7 Å². The molecule has 4 heteroatoms. The summed E-state index contributed by atoms with van der Waals surface area (Å²) in [6, 6.07) is 8.27. The van der Waals surface area contributed by atoms with Crippen molar-refractivity contribution in [1.82, 2.24) is 5.32 Å². The summed E-state index contributed by atoms with van der Waals surface area (Å²) in [5, 5.41) is 3.12. The van der Waals surface area contributed by atoms with Crippen LogP contribution in [-0.4, -0.2) is 33.8 Å². The number of likely N-dealkylation sites (N-methyl/N-ethyl adjacent to an activating group) is 1. The van der Waals surface area contributed by atoms with Crippen LogP contribution in [-0.2, 0) is 16.0 Å². The summed E-state index contributed by atoms with van der Waals surface area (Å²) < 4.78 is 9.21. The van der Waals surface area contributed by atoms with Crippen molar-refractivity contribution in [2.75, 3.05) is 27.3 Å². The number of nitrogens with one attached hydrogen (secondary N) is 1. The smallest absolute Gasteiger partial charge is 0.292 e. The molecule has 98 valence electrons. The van der Waals surface area contributed by atoms with Gasteiger partial charge in [-0.2, -0.15) is 0 Å². The third-order valence-corrected chi connectivity index (χ3v) is 1.99. The lowest BCUT2D eigenvalue weighted by Gasteiger charge is -2.04. The second-order valence-corrected chi connectivity index (χ2v) is 3.26. The number of methoxy groups -OCH3 is 1. The first kappa shape index (κ1) is 15.4. The van der Waals surface area contributed by atoms with E-state index in [2.05, 4.69) is 22.2 Å². The Kier molecular flexibility index (Phi) is 9.95. The quantitative estimate of drug-likeness (QED) is 0.773. The number of ether oxygens (including phenoxy) is 2. The molecule has 0 spiro atoms. The summed E-state index contributed by atoms with van der Waals surface area (Å²) in [4.78, 5) is 8.95. The van der Waals surface area contributed by atoms with Gasteiger partial charge in [-0.05, 0) is 44.6 Å². The van der Waals surface area contributed by atoms with E-state index in [1.54, 1.807) is 0 Å². The van der Waals surface area contributed by atoms with Gasteiger partial charge in [0.1, 0.15) is 5.75 Å². The molecule has 0 aliphatic carbocycles. The highest BCUT2D eigenvalue weighted by atomic mass is 16.5. The van der Waals surface area contributed by atoms with Gasteiger partial charge in [0.15, 0.2) is 0 Å². The van der Waals surface area contributed by atoms with Crippen molar-refractivity contribution < 1.29 is 15.7 Å². The van der Waals surface area contributed by atoms with Crippen molar-refractivity contribution in [1.29, 1.82) is 0 Å². The maximum atomic E-state index is 8.95. The lowest BCUT2D eigenvalue weighted by molar-refractivity contribution is -0.126. The molecule has 0 fully saturated rings. The fourth-order valence-corrected chi connectivity index (χ4v) is 1.19. The van der Waals surface area contributed by atoms with Crippen LogP contribution >= 0.6 is 0 Å². The molecule has 0 unspecified atom stereocenters. The highest BCUT2D eigenvalue weighted by molar-refractivity contribution is 5.36. The van der Waals surface area contributed by atoms with E-state index >= 15 is 0 Å². The lowest BCUT2D eigenvalue weighted by atomic mass is 10.1. The molecule has 17 heavy (non-hydrogen) atoms. The van der Waals surface area contributed by atoms with Crippen molar-refractivity contribution in [3.63, 3.8) is 0 Å². The second kappa shape index (κ2) is 11.0. The van der Waals surface area contributed by atoms with Crippen LogP contribution in [0.25, 0.3) is 0 Å². The van der Waals surface area contributed by atoms with Crippen molar-refractivity contribution in [2.45, 2.75) is 13.3 Å². The number of rotatable bonds is 6. The molecule has 0 aromatic heterocycles. The van der Waals surface area contributed by atoms with Crippen LogP contribution in [0.4, 0.5) is 0 Å². The second-order valence-electron chi connectivity index (χ2n) is 3.26. The molecular weight excluding hydrogens is 218 g/mol. The molecular formula is C13H23NO3. The van der Waals surface area contributed by atoms with Crippen LogP contribution in [0, 0.1) is 0 Å². The van der Waals surface area contributed by atoms with Crippen molar-refractivity contribution in [3.05, 3.63) is 29.8 Å². The molecule has 0 bridgehead atoms. The third-order valence-electron chi connectivity index (χ3n) is 1.99. The van der Waals surface area contributed by atoms with E-state index in [1.165, 1.54) is 12.7 Å². The van der Waals surface area contributed by atoms with Crippen LogP contribution < -0.4 is 10.1 Å². The van der Waals surface area contributed by atoms with E-state index in [9.17, 15) is 0 Å². The molecule has 0 atom stereocenters. The molecule has 0 aliphatic rings. The van der Waals surface area contributed by atoms with Crippen molar-refractivity contribution in [2.24, 2.45) is 0 Å². The Morgan fingerprint density at radius 2 is 1.94 bits per heavy atom. The Bertz CT molecular complexity index is 291. The zero-order valence-electron chi connectivity index (χ0n) is 10.7. The highest BCUT2D eigenvalue weighted by Crippen LogP contribution is 2.11. The molecule has 0 saturated carbocycles. The normalized spacial score (nSPS) is 8.88. The fourth-order valence-electron chi connectivity index (χ4n) is 1.19. The Morgan fingerprint density at radius 3 is 2.35 bits per heavy atom. The molecule has 0 heterocycles. The average molecular weight is 241 g/mol. The highest BCUT2D eigenvalue weighted by Gasteiger charge is 1.93. The van der Waals surface area contributed by atoms with Gasteiger partial charge in [-0.3, -0.25) is 4.79 Å². The van der Waals surface area contributed by atoms with Crippen molar-refractivity contribution >= 4 is 6.47 Å². The predicted molar refractivity (Wildman–Crippen MR) is 70.4 cm³/mol. The van der Waals surface area contributed by atoms with Gasteiger partial charge in [0.25, 0.3) is 6.47 Å². The molecule has 1 rings (SSSR count). The maximum Gasteiger partial charge on any atom is 0.292 e. The van der Waals surface area contributed by atoms with E-state index in [4.69, 9.17) is 9.53 Å². The third kappa shape index (κ3) is 8.28. The monoisotopic (exact) mass is 241 g/mol. The van der Waals surface area contributed by atoms with E-state index in [-0.39, 0.29) is 1.43 Å². The Morgan fingerprint density at radius 1 is 1.35 bits per heavy atom. The molecule has 0 amide bonds. The number of benzene rings is 1. The molecule has 4 nitrogen and oxygen atoms in total. The molecule has 0 radical (unpaired) electrons. The first-order chi connectivity index (χ1) is 8.28. The van der Waals surface area contributed by atoms with Gasteiger partial charge >= 0.3 is 0 Å². The first-order valence-corrected chi connectivity index (χ1v) is 5.61. The molecule has 0 aliphatic heterocycles. The minimum absolute atomic E-state index is 0. The van der Waals surface area contributed by atoms with Gasteiger partial charge < -0.3 is 14.8 Å². The van der Waals surface area contributed by atoms with E-state index in [0.29, 0.717) is 6.47 Å². The van der Waals surface area contributed by atoms with Gasteiger partial charge in [-0.15, -0.1) is 0 Å². The van der Waals surface area contributed by atoms with Crippen LogP contribution in [0.5, 0.6) is 5.75 Å². The zero-order valence-corrected chi connectivity index (χ0v) is 10.7. The van der Waals surface area contributed by atoms with Gasteiger partial charge in [-0.25, -0.2) is 0 Å². The zero-order chi connectivity index (χ0) is 12.9. The number of carbonyl (C=O) groups excluding carboxylic acids is 1. The molecule has 0 saturated heterocycles.